The third-order valence-electron chi connectivity index (χ3n) is 4.47. The second kappa shape index (κ2) is 6.27. The van der Waals surface area contributed by atoms with Crippen molar-refractivity contribution in [2.45, 2.75) is 13.1 Å². The maximum atomic E-state index is 12.4. The quantitative estimate of drug-likeness (QED) is 0.566. The van der Waals surface area contributed by atoms with Gasteiger partial charge in [0.25, 0.3) is 5.56 Å². The molecule has 0 aliphatic heterocycles. The molecule has 9 nitrogen and oxygen atoms in total. The SMILES string of the molecule is Cn1c(=O)c2c(ncn2CC(=O)NCc2cc3ccccc3o2)n(C)c1=O. The number of rotatable bonds is 4. The molecule has 0 saturated carbocycles. The van der Waals surface area contributed by atoms with E-state index in [9.17, 15) is 14.4 Å². The number of nitrogens with zero attached hydrogens (tertiary/aromatic N) is 4. The minimum atomic E-state index is -0.490. The average molecular weight is 367 g/mol. The fraction of sp³-hybridized carbons (Fsp3) is 0.222. The van der Waals surface area contributed by atoms with E-state index >= 15 is 0 Å². The first-order valence-electron chi connectivity index (χ1n) is 8.30. The molecule has 1 N–H and O–H groups in total. The summed E-state index contributed by atoms with van der Waals surface area (Å²) in [6.07, 6.45) is 1.38. The highest BCUT2D eigenvalue weighted by atomic mass is 16.3. The molecule has 27 heavy (non-hydrogen) atoms. The molecule has 9 heteroatoms. The molecular weight excluding hydrogens is 350 g/mol. The lowest BCUT2D eigenvalue weighted by Gasteiger charge is -2.07. The first-order valence-corrected chi connectivity index (χ1v) is 8.30. The fourth-order valence-electron chi connectivity index (χ4n) is 3.04. The highest BCUT2D eigenvalue weighted by molar-refractivity contribution is 5.80. The van der Waals surface area contributed by atoms with Crippen molar-refractivity contribution in [2.24, 2.45) is 14.1 Å². The van der Waals surface area contributed by atoms with Crippen LogP contribution in [-0.2, 0) is 32.0 Å². The molecule has 0 atom stereocenters. The van der Waals surface area contributed by atoms with Gasteiger partial charge in [-0.25, -0.2) is 9.78 Å². The molecule has 3 heterocycles. The van der Waals surface area contributed by atoms with E-state index in [1.807, 2.05) is 30.3 Å². The maximum absolute atomic E-state index is 12.4. The number of imidazole rings is 1. The molecule has 0 spiro atoms. The Hall–Kier alpha value is -3.62. The minimum absolute atomic E-state index is 0.0931. The van der Waals surface area contributed by atoms with Crippen LogP contribution in [0.2, 0.25) is 0 Å². The zero-order valence-electron chi connectivity index (χ0n) is 14.8. The number of fused-ring (bicyclic) bond motifs is 2. The van der Waals surface area contributed by atoms with Crippen molar-refractivity contribution in [3.8, 4) is 0 Å². The summed E-state index contributed by atoms with van der Waals surface area (Å²) in [7, 11) is 2.92. The Kier molecular flexibility index (Phi) is 3.91. The van der Waals surface area contributed by atoms with Crippen molar-refractivity contribution in [1.82, 2.24) is 24.0 Å². The summed E-state index contributed by atoms with van der Waals surface area (Å²) in [6, 6.07) is 9.46. The van der Waals surface area contributed by atoms with Crippen LogP contribution in [0.15, 0.2) is 50.7 Å². The van der Waals surface area contributed by atoms with Gasteiger partial charge in [-0.1, -0.05) is 18.2 Å². The molecule has 0 aliphatic rings. The van der Waals surface area contributed by atoms with Gasteiger partial charge in [0, 0.05) is 19.5 Å². The van der Waals surface area contributed by atoms with Gasteiger partial charge in [-0.05, 0) is 12.1 Å². The van der Waals surface area contributed by atoms with E-state index in [0.29, 0.717) is 5.76 Å². The van der Waals surface area contributed by atoms with Crippen molar-refractivity contribution >= 4 is 28.0 Å². The van der Waals surface area contributed by atoms with E-state index in [2.05, 4.69) is 10.3 Å². The Morgan fingerprint density at radius 1 is 1.19 bits per heavy atom. The molecule has 4 aromatic rings. The van der Waals surface area contributed by atoms with E-state index in [1.165, 1.54) is 29.6 Å². The third kappa shape index (κ3) is 2.82. The predicted octanol–water partition coefficient (Wildman–Crippen LogP) is 0.496. The van der Waals surface area contributed by atoms with Crippen molar-refractivity contribution in [3.63, 3.8) is 0 Å². The number of para-hydroxylation sites is 1. The zero-order valence-corrected chi connectivity index (χ0v) is 14.8. The fourth-order valence-corrected chi connectivity index (χ4v) is 3.04. The van der Waals surface area contributed by atoms with Crippen molar-refractivity contribution in [1.29, 1.82) is 0 Å². The molecule has 4 rings (SSSR count). The first-order chi connectivity index (χ1) is 13.0. The summed E-state index contributed by atoms with van der Waals surface area (Å²) < 4.78 is 9.37. The first kappa shape index (κ1) is 16.8. The number of nitrogens with one attached hydrogen (secondary N) is 1. The van der Waals surface area contributed by atoms with Crippen LogP contribution >= 0.6 is 0 Å². The van der Waals surface area contributed by atoms with Crippen molar-refractivity contribution in [2.75, 3.05) is 0 Å². The third-order valence-corrected chi connectivity index (χ3v) is 4.47. The molecule has 0 fully saturated rings. The van der Waals surface area contributed by atoms with Crippen LogP contribution in [0.4, 0.5) is 0 Å². The second-order valence-corrected chi connectivity index (χ2v) is 6.28. The Bertz CT molecular complexity index is 1260. The van der Waals surface area contributed by atoms with Gasteiger partial charge >= 0.3 is 5.69 Å². The molecule has 0 bridgehead atoms. The smallest absolute Gasteiger partial charge is 0.332 e. The Morgan fingerprint density at radius 2 is 1.96 bits per heavy atom. The van der Waals surface area contributed by atoms with E-state index in [0.717, 1.165) is 15.5 Å². The Labute approximate surface area is 152 Å². The lowest BCUT2D eigenvalue weighted by Crippen LogP contribution is -2.38. The number of aromatic nitrogens is 4. The van der Waals surface area contributed by atoms with Gasteiger partial charge in [-0.15, -0.1) is 0 Å². The highest BCUT2D eigenvalue weighted by Gasteiger charge is 2.16. The summed E-state index contributed by atoms with van der Waals surface area (Å²) in [4.78, 5) is 40.7. The molecule has 0 aliphatic carbocycles. The summed E-state index contributed by atoms with van der Waals surface area (Å²) in [5, 5.41) is 3.73. The van der Waals surface area contributed by atoms with Gasteiger partial charge in [0.05, 0.1) is 12.9 Å². The van der Waals surface area contributed by atoms with Crippen molar-refractivity contribution < 1.29 is 9.21 Å². The number of benzene rings is 1. The molecule has 138 valence electrons. The van der Waals surface area contributed by atoms with E-state index in [1.54, 1.807) is 0 Å². The number of hydrogen-bond donors (Lipinski definition) is 1. The maximum Gasteiger partial charge on any atom is 0.332 e. The second-order valence-electron chi connectivity index (χ2n) is 6.28. The number of hydrogen-bond acceptors (Lipinski definition) is 5. The molecule has 0 unspecified atom stereocenters. The van der Waals surface area contributed by atoms with Crippen LogP contribution in [0.3, 0.4) is 0 Å². The van der Waals surface area contributed by atoms with E-state index in [-0.39, 0.29) is 30.2 Å². The summed E-state index contributed by atoms with van der Waals surface area (Å²) in [5.41, 5.74) is 0.251. The number of aryl methyl sites for hydroxylation is 1. The normalized spacial score (nSPS) is 11.3. The zero-order chi connectivity index (χ0) is 19.1. The van der Waals surface area contributed by atoms with Crippen LogP contribution in [0.25, 0.3) is 22.1 Å². The standard InChI is InChI=1S/C18H17N5O4/c1-21-16-15(17(25)22(2)18(21)26)23(10-20-16)9-14(24)19-8-12-7-11-5-3-4-6-13(11)27-12/h3-7,10H,8-9H2,1-2H3,(H,19,24). The molecule has 1 amide bonds. The Morgan fingerprint density at radius 3 is 2.74 bits per heavy atom. The van der Waals surface area contributed by atoms with Gasteiger partial charge < -0.3 is 14.3 Å². The predicted molar refractivity (Wildman–Crippen MR) is 98.3 cm³/mol. The van der Waals surface area contributed by atoms with Crippen LogP contribution in [0.5, 0.6) is 0 Å². The number of carbonyl (C=O) groups is 1. The van der Waals surface area contributed by atoms with Crippen LogP contribution in [0, 0.1) is 0 Å². The highest BCUT2D eigenvalue weighted by Crippen LogP contribution is 2.18. The summed E-state index contributed by atoms with van der Waals surface area (Å²) >= 11 is 0. The van der Waals surface area contributed by atoms with Crippen molar-refractivity contribution in [3.05, 3.63) is 63.3 Å². The monoisotopic (exact) mass is 367 g/mol. The number of furan rings is 1. The van der Waals surface area contributed by atoms with Crippen LogP contribution < -0.4 is 16.6 Å². The lowest BCUT2D eigenvalue weighted by molar-refractivity contribution is -0.121. The van der Waals surface area contributed by atoms with Gasteiger partial charge in [0.15, 0.2) is 11.2 Å². The lowest BCUT2D eigenvalue weighted by atomic mass is 10.2. The topological polar surface area (TPSA) is 104 Å². The molecule has 3 aromatic heterocycles. The van der Waals surface area contributed by atoms with Crippen LogP contribution in [0.1, 0.15) is 5.76 Å². The van der Waals surface area contributed by atoms with E-state index < -0.39 is 11.2 Å². The molecule has 1 aromatic carbocycles. The average Bonchev–Trinajstić information content (AvgIpc) is 3.26. The molecule has 0 saturated heterocycles. The number of carbonyl (C=O) groups excluding carboxylic acids is 1. The largest absolute Gasteiger partial charge is 0.459 e. The summed E-state index contributed by atoms with van der Waals surface area (Å²) in [6.45, 7) is 0.140. The van der Waals surface area contributed by atoms with Gasteiger partial charge in [0.1, 0.15) is 17.9 Å². The summed E-state index contributed by atoms with van der Waals surface area (Å²) in [5.74, 6) is 0.337. The molecular formula is C18H17N5O4. The number of amides is 1. The minimum Gasteiger partial charge on any atom is -0.459 e. The molecule has 0 radical (unpaired) electrons. The van der Waals surface area contributed by atoms with Crippen LogP contribution in [-0.4, -0.2) is 24.6 Å². The Balaban J connectivity index is 1.54. The van der Waals surface area contributed by atoms with E-state index in [4.69, 9.17) is 4.42 Å². The van der Waals surface area contributed by atoms with Gasteiger partial charge in [-0.2, -0.15) is 0 Å². The van der Waals surface area contributed by atoms with Gasteiger partial charge in [0.2, 0.25) is 5.91 Å². The van der Waals surface area contributed by atoms with Gasteiger partial charge in [-0.3, -0.25) is 18.7 Å².